The highest BCUT2D eigenvalue weighted by molar-refractivity contribution is 5.27. The van der Waals surface area contributed by atoms with Crippen LogP contribution in [0.1, 0.15) is 52.0 Å². The van der Waals surface area contributed by atoms with Gasteiger partial charge in [-0.2, -0.15) is 0 Å². The maximum atomic E-state index is 6.01. The first-order valence-electron chi connectivity index (χ1n) is 8.53. The van der Waals surface area contributed by atoms with Crippen molar-refractivity contribution in [3.8, 4) is 5.75 Å². The summed E-state index contributed by atoms with van der Waals surface area (Å²) in [6.45, 7) is 6.55. The second-order valence-electron chi connectivity index (χ2n) is 7.17. The first-order valence-corrected chi connectivity index (χ1v) is 8.53. The zero-order valence-corrected chi connectivity index (χ0v) is 13.5. The van der Waals surface area contributed by atoms with Crippen LogP contribution < -0.4 is 4.74 Å². The predicted octanol–water partition coefficient (Wildman–Crippen LogP) is 4.82. The van der Waals surface area contributed by atoms with Gasteiger partial charge in [-0.1, -0.05) is 26.0 Å². The molecule has 0 bridgehead atoms. The third-order valence-corrected chi connectivity index (χ3v) is 5.09. The highest BCUT2D eigenvalue weighted by atomic mass is 16.7. The Balaban J connectivity index is 1.43. The van der Waals surface area contributed by atoms with Gasteiger partial charge >= 0.3 is 0 Å². The van der Waals surface area contributed by atoms with Gasteiger partial charge in [-0.25, -0.2) is 0 Å². The van der Waals surface area contributed by atoms with Crippen LogP contribution in [0.3, 0.4) is 0 Å². The van der Waals surface area contributed by atoms with Crippen LogP contribution >= 0.6 is 0 Å². The van der Waals surface area contributed by atoms with Crippen molar-refractivity contribution in [3.05, 3.63) is 29.8 Å². The minimum Gasteiger partial charge on any atom is -0.465 e. The molecule has 1 aromatic carbocycles. The maximum Gasteiger partial charge on any atom is 0.197 e. The molecule has 0 heterocycles. The van der Waals surface area contributed by atoms with E-state index in [9.17, 15) is 0 Å². The highest BCUT2D eigenvalue weighted by Crippen LogP contribution is 2.51. The Kier molecular flexibility index (Phi) is 4.54. The quantitative estimate of drug-likeness (QED) is 0.670. The molecule has 0 spiro atoms. The summed E-state index contributed by atoms with van der Waals surface area (Å²) in [7, 11) is 0. The van der Waals surface area contributed by atoms with Crippen LogP contribution in [0.2, 0.25) is 0 Å². The SMILES string of the molecule is CC(C)CCc1ccc(OC(C)OC2CC3CCC32)cc1. The summed E-state index contributed by atoms with van der Waals surface area (Å²) < 4.78 is 11.9. The average molecular weight is 288 g/mol. The second kappa shape index (κ2) is 6.39. The van der Waals surface area contributed by atoms with E-state index in [1.165, 1.54) is 31.2 Å². The van der Waals surface area contributed by atoms with Crippen molar-refractivity contribution in [2.24, 2.45) is 17.8 Å². The van der Waals surface area contributed by atoms with Crippen molar-refractivity contribution < 1.29 is 9.47 Å². The van der Waals surface area contributed by atoms with Crippen LogP contribution in [-0.4, -0.2) is 12.4 Å². The van der Waals surface area contributed by atoms with E-state index in [2.05, 4.69) is 38.1 Å². The number of aryl methyl sites for hydroxylation is 1. The second-order valence-corrected chi connectivity index (χ2v) is 7.17. The topological polar surface area (TPSA) is 18.5 Å². The molecule has 2 heteroatoms. The molecule has 0 saturated heterocycles. The van der Waals surface area contributed by atoms with Gasteiger partial charge in [-0.05, 0) is 74.5 Å². The van der Waals surface area contributed by atoms with E-state index >= 15 is 0 Å². The van der Waals surface area contributed by atoms with Crippen LogP contribution in [0.25, 0.3) is 0 Å². The number of ether oxygens (including phenoxy) is 2. The molecule has 1 aromatic rings. The van der Waals surface area contributed by atoms with Crippen molar-refractivity contribution in [2.75, 3.05) is 0 Å². The number of rotatable bonds is 7. The Morgan fingerprint density at radius 3 is 2.38 bits per heavy atom. The monoisotopic (exact) mass is 288 g/mol. The van der Waals surface area contributed by atoms with Gasteiger partial charge in [-0.15, -0.1) is 0 Å². The fourth-order valence-corrected chi connectivity index (χ4v) is 3.47. The minimum atomic E-state index is -0.141. The normalized spacial score (nSPS) is 28.5. The number of fused-ring (bicyclic) bond motifs is 1. The first-order chi connectivity index (χ1) is 10.1. The Morgan fingerprint density at radius 2 is 1.86 bits per heavy atom. The molecule has 0 aromatic heterocycles. The Bertz CT molecular complexity index is 451. The van der Waals surface area contributed by atoms with Crippen LogP contribution in [0.4, 0.5) is 0 Å². The summed E-state index contributed by atoms with van der Waals surface area (Å²) in [5, 5.41) is 0. The molecule has 0 radical (unpaired) electrons. The van der Waals surface area contributed by atoms with Crippen molar-refractivity contribution in [1.29, 1.82) is 0 Å². The van der Waals surface area contributed by atoms with E-state index in [0.717, 1.165) is 29.9 Å². The van der Waals surface area contributed by atoms with E-state index in [1.54, 1.807) is 0 Å². The van der Waals surface area contributed by atoms with Gasteiger partial charge in [0, 0.05) is 0 Å². The van der Waals surface area contributed by atoms with E-state index < -0.39 is 0 Å². The van der Waals surface area contributed by atoms with Gasteiger partial charge in [0.25, 0.3) is 0 Å². The van der Waals surface area contributed by atoms with Gasteiger partial charge in [-0.3, -0.25) is 0 Å². The van der Waals surface area contributed by atoms with Crippen LogP contribution in [0.15, 0.2) is 24.3 Å². The standard InChI is InChI=1S/C19H28O2/c1-13(2)4-5-15-6-9-17(10-7-15)20-14(3)21-19-12-16-8-11-18(16)19/h6-7,9-10,13-14,16,18-19H,4-5,8,11-12H2,1-3H3. The number of hydrogen-bond acceptors (Lipinski definition) is 2. The first kappa shape index (κ1) is 14.9. The maximum absolute atomic E-state index is 6.01. The summed E-state index contributed by atoms with van der Waals surface area (Å²) in [6, 6.07) is 8.50. The molecule has 3 rings (SSSR count). The molecule has 2 saturated carbocycles. The van der Waals surface area contributed by atoms with Gasteiger partial charge in [0.15, 0.2) is 6.29 Å². The lowest BCUT2D eigenvalue weighted by Crippen LogP contribution is -2.51. The Hall–Kier alpha value is -1.02. The zero-order chi connectivity index (χ0) is 14.8. The van der Waals surface area contributed by atoms with Crippen LogP contribution in [-0.2, 0) is 11.2 Å². The molecule has 2 aliphatic carbocycles. The third-order valence-electron chi connectivity index (χ3n) is 5.09. The molecule has 21 heavy (non-hydrogen) atoms. The molecule has 0 amide bonds. The molecule has 0 aliphatic heterocycles. The molecule has 0 N–H and O–H groups in total. The molecule has 2 aliphatic rings. The molecule has 116 valence electrons. The van der Waals surface area contributed by atoms with Crippen LogP contribution in [0.5, 0.6) is 5.75 Å². The lowest BCUT2D eigenvalue weighted by atomic mass is 9.58. The van der Waals surface area contributed by atoms with Gasteiger partial charge in [0.1, 0.15) is 5.75 Å². The molecular formula is C19H28O2. The fourth-order valence-electron chi connectivity index (χ4n) is 3.47. The van der Waals surface area contributed by atoms with Crippen molar-refractivity contribution in [1.82, 2.24) is 0 Å². The lowest BCUT2D eigenvalue weighted by molar-refractivity contribution is -0.200. The number of benzene rings is 1. The average Bonchev–Trinajstić information content (AvgIpc) is 2.43. The van der Waals surface area contributed by atoms with E-state index in [4.69, 9.17) is 9.47 Å². The largest absolute Gasteiger partial charge is 0.465 e. The lowest BCUT2D eigenvalue weighted by Gasteiger charge is -2.52. The molecule has 4 unspecified atom stereocenters. The zero-order valence-electron chi connectivity index (χ0n) is 13.5. The van der Waals surface area contributed by atoms with E-state index in [-0.39, 0.29) is 6.29 Å². The van der Waals surface area contributed by atoms with Crippen molar-refractivity contribution >= 4 is 0 Å². The molecule has 2 fully saturated rings. The van der Waals surface area contributed by atoms with E-state index in [1.807, 2.05) is 6.92 Å². The summed E-state index contributed by atoms with van der Waals surface area (Å²) in [5.74, 6) is 3.46. The van der Waals surface area contributed by atoms with Crippen molar-refractivity contribution in [2.45, 2.75) is 65.3 Å². The smallest absolute Gasteiger partial charge is 0.197 e. The summed E-state index contributed by atoms with van der Waals surface area (Å²) in [5.41, 5.74) is 1.39. The van der Waals surface area contributed by atoms with E-state index in [0.29, 0.717) is 6.10 Å². The summed E-state index contributed by atoms with van der Waals surface area (Å²) in [4.78, 5) is 0. The number of hydrogen-bond donors (Lipinski definition) is 0. The Labute approximate surface area is 128 Å². The van der Waals surface area contributed by atoms with Gasteiger partial charge < -0.3 is 9.47 Å². The van der Waals surface area contributed by atoms with Gasteiger partial charge in [0.05, 0.1) is 6.10 Å². The fraction of sp³-hybridized carbons (Fsp3) is 0.684. The van der Waals surface area contributed by atoms with Crippen LogP contribution in [0, 0.1) is 17.8 Å². The predicted molar refractivity (Wildman–Crippen MR) is 85.4 cm³/mol. The minimum absolute atomic E-state index is 0.141. The molecular weight excluding hydrogens is 260 g/mol. The summed E-state index contributed by atoms with van der Waals surface area (Å²) >= 11 is 0. The third kappa shape index (κ3) is 3.60. The van der Waals surface area contributed by atoms with Gasteiger partial charge in [0.2, 0.25) is 0 Å². The highest BCUT2D eigenvalue weighted by Gasteiger charge is 2.48. The van der Waals surface area contributed by atoms with Crippen molar-refractivity contribution in [3.63, 3.8) is 0 Å². The molecule has 2 nitrogen and oxygen atoms in total. The Morgan fingerprint density at radius 1 is 1.10 bits per heavy atom. The molecule has 4 atom stereocenters. The summed E-state index contributed by atoms with van der Waals surface area (Å²) in [6.07, 6.45) is 6.71.